The quantitative estimate of drug-likeness (QED) is 0.499. The topological polar surface area (TPSA) is 76.6 Å². The Morgan fingerprint density at radius 3 is 2.72 bits per heavy atom. The van der Waals surface area contributed by atoms with Gasteiger partial charge in [-0.15, -0.1) is 0 Å². The van der Waals surface area contributed by atoms with Crippen LogP contribution in [-0.4, -0.2) is 39.1 Å². The fraction of sp³-hybridized carbons (Fsp3) is 0.304. The molecule has 0 bridgehead atoms. The minimum atomic E-state index is -3.99. The van der Waals surface area contributed by atoms with Gasteiger partial charge in [0.25, 0.3) is 0 Å². The van der Waals surface area contributed by atoms with Crippen molar-refractivity contribution in [3.05, 3.63) is 59.5 Å². The fourth-order valence-corrected chi connectivity index (χ4v) is 5.59. The number of fused-ring (bicyclic) bond motifs is 1. The summed E-state index contributed by atoms with van der Waals surface area (Å²) in [5.41, 5.74) is 0.813. The van der Waals surface area contributed by atoms with E-state index in [1.165, 1.54) is 48.7 Å². The van der Waals surface area contributed by atoms with Crippen LogP contribution in [0.1, 0.15) is 19.8 Å². The number of carbonyl (C=O) groups is 1. The molecule has 1 saturated heterocycles. The monoisotopic (exact) mass is 476 g/mol. The lowest BCUT2D eigenvalue weighted by Gasteiger charge is -2.35. The van der Waals surface area contributed by atoms with E-state index in [1.807, 2.05) is 4.90 Å². The van der Waals surface area contributed by atoms with Crippen LogP contribution in [0.4, 0.5) is 10.1 Å². The summed E-state index contributed by atoms with van der Waals surface area (Å²) >= 11 is 5.93. The molecule has 0 N–H and O–H groups in total. The normalized spacial score (nSPS) is 16.8. The molecule has 9 heteroatoms. The number of piperidine rings is 1. The number of aromatic nitrogens is 1. The van der Waals surface area contributed by atoms with Gasteiger partial charge in [0, 0.05) is 29.7 Å². The lowest BCUT2D eigenvalue weighted by Crippen LogP contribution is -2.40. The van der Waals surface area contributed by atoms with Crippen molar-refractivity contribution >= 4 is 44.0 Å². The number of halogens is 2. The van der Waals surface area contributed by atoms with E-state index in [2.05, 4.69) is 4.98 Å². The molecule has 0 unspecified atom stereocenters. The molecule has 0 radical (unpaired) electrons. The second-order valence-corrected chi connectivity index (χ2v) is 9.98. The molecule has 1 aliphatic rings. The van der Waals surface area contributed by atoms with Gasteiger partial charge in [0.1, 0.15) is 10.7 Å². The third-order valence-electron chi connectivity index (χ3n) is 5.54. The first-order chi connectivity index (χ1) is 15.3. The van der Waals surface area contributed by atoms with Crippen LogP contribution in [0.2, 0.25) is 5.02 Å². The molecular formula is C23H22ClFN2O4S. The van der Waals surface area contributed by atoms with Crippen LogP contribution < -0.4 is 4.90 Å². The third kappa shape index (κ3) is 4.29. The fourth-order valence-electron chi connectivity index (χ4n) is 4.03. The average molecular weight is 477 g/mol. The van der Waals surface area contributed by atoms with Gasteiger partial charge in [0.15, 0.2) is 0 Å². The zero-order chi connectivity index (χ0) is 22.9. The molecule has 2 heterocycles. The van der Waals surface area contributed by atoms with Gasteiger partial charge >= 0.3 is 5.97 Å². The number of anilines is 1. The zero-order valence-corrected chi connectivity index (χ0v) is 19.0. The molecule has 2 aromatic carbocycles. The second kappa shape index (κ2) is 9.03. The van der Waals surface area contributed by atoms with Gasteiger partial charge in [-0.3, -0.25) is 9.78 Å². The number of sulfone groups is 1. The molecule has 0 spiro atoms. The second-order valence-electron chi connectivity index (χ2n) is 7.63. The summed E-state index contributed by atoms with van der Waals surface area (Å²) in [6, 6.07) is 9.93. The molecule has 0 amide bonds. The van der Waals surface area contributed by atoms with Crippen molar-refractivity contribution in [1.82, 2.24) is 4.98 Å². The number of pyridine rings is 1. The van der Waals surface area contributed by atoms with Gasteiger partial charge < -0.3 is 9.64 Å². The Morgan fingerprint density at radius 1 is 1.25 bits per heavy atom. The number of hydrogen-bond donors (Lipinski definition) is 0. The first kappa shape index (κ1) is 22.5. The molecule has 6 nitrogen and oxygen atoms in total. The molecule has 1 fully saturated rings. The number of hydrogen-bond acceptors (Lipinski definition) is 6. The predicted molar refractivity (Wildman–Crippen MR) is 120 cm³/mol. The maximum Gasteiger partial charge on any atom is 0.310 e. The first-order valence-corrected chi connectivity index (χ1v) is 12.2. The standard InChI is InChI=1S/C23H22ClFN2O4S/c1-2-31-23(28)15-4-3-11-27(14-15)22-19-12-17(25)7-10-20(19)26-13-21(22)32(29,30)18-8-5-16(24)6-9-18/h5-10,12-13,15H,2-4,11,14H2,1H3/t15-/m0/s1. The van der Waals surface area contributed by atoms with Crippen LogP contribution in [0.5, 0.6) is 0 Å². The Kier molecular flexibility index (Phi) is 6.35. The van der Waals surface area contributed by atoms with Crippen LogP contribution in [0.3, 0.4) is 0 Å². The van der Waals surface area contributed by atoms with Crippen molar-refractivity contribution in [3.63, 3.8) is 0 Å². The highest BCUT2D eigenvalue weighted by Gasteiger charge is 2.32. The summed E-state index contributed by atoms with van der Waals surface area (Å²) in [5.74, 6) is -1.21. The van der Waals surface area contributed by atoms with Crippen molar-refractivity contribution in [3.8, 4) is 0 Å². The number of esters is 1. The molecule has 4 rings (SSSR count). The maximum atomic E-state index is 14.2. The molecule has 1 aromatic heterocycles. The largest absolute Gasteiger partial charge is 0.466 e. The molecular weight excluding hydrogens is 455 g/mol. The van der Waals surface area contributed by atoms with Crippen molar-refractivity contribution in [1.29, 1.82) is 0 Å². The van der Waals surface area contributed by atoms with Gasteiger partial charge in [-0.05, 0) is 62.2 Å². The van der Waals surface area contributed by atoms with Crippen molar-refractivity contribution in [2.45, 2.75) is 29.6 Å². The first-order valence-electron chi connectivity index (χ1n) is 10.3. The van der Waals surface area contributed by atoms with Crippen LogP contribution in [-0.2, 0) is 19.4 Å². The Balaban J connectivity index is 1.88. The van der Waals surface area contributed by atoms with Crippen molar-refractivity contribution in [2.24, 2.45) is 5.92 Å². The number of carbonyl (C=O) groups excluding carboxylic acids is 1. The lowest BCUT2D eigenvalue weighted by molar-refractivity contribution is -0.148. The Hall–Kier alpha value is -2.71. The van der Waals surface area contributed by atoms with E-state index < -0.39 is 21.6 Å². The highest BCUT2D eigenvalue weighted by atomic mass is 35.5. The van der Waals surface area contributed by atoms with E-state index in [0.717, 1.165) is 0 Å². The van der Waals surface area contributed by atoms with E-state index in [0.29, 0.717) is 41.0 Å². The van der Waals surface area contributed by atoms with E-state index in [4.69, 9.17) is 16.3 Å². The Bertz CT molecular complexity index is 1260. The molecule has 0 aliphatic carbocycles. The number of rotatable bonds is 5. The van der Waals surface area contributed by atoms with Gasteiger partial charge in [-0.2, -0.15) is 0 Å². The number of nitrogens with zero attached hydrogens (tertiary/aromatic N) is 2. The van der Waals surface area contributed by atoms with Gasteiger partial charge in [-0.1, -0.05) is 11.6 Å². The average Bonchev–Trinajstić information content (AvgIpc) is 2.78. The Morgan fingerprint density at radius 2 is 2.00 bits per heavy atom. The maximum absolute atomic E-state index is 14.2. The molecule has 1 aliphatic heterocycles. The molecule has 1 atom stereocenters. The van der Waals surface area contributed by atoms with Crippen molar-refractivity contribution < 1.29 is 22.3 Å². The van der Waals surface area contributed by atoms with E-state index >= 15 is 0 Å². The molecule has 3 aromatic rings. The van der Waals surface area contributed by atoms with E-state index in [9.17, 15) is 17.6 Å². The summed E-state index contributed by atoms with van der Waals surface area (Å²) in [7, 11) is -3.99. The minimum absolute atomic E-state index is 0.0394. The number of ether oxygens (including phenoxy) is 1. The van der Waals surface area contributed by atoms with Gasteiger partial charge in [0.2, 0.25) is 9.84 Å². The highest BCUT2D eigenvalue weighted by Crippen LogP contribution is 2.38. The van der Waals surface area contributed by atoms with E-state index in [1.54, 1.807) is 6.92 Å². The summed E-state index contributed by atoms with van der Waals surface area (Å²) in [6.07, 6.45) is 2.61. The van der Waals surface area contributed by atoms with Crippen molar-refractivity contribution in [2.75, 3.05) is 24.6 Å². The van der Waals surface area contributed by atoms with Gasteiger partial charge in [0.05, 0.1) is 28.6 Å². The van der Waals surface area contributed by atoms with Crippen LogP contribution in [0.25, 0.3) is 10.9 Å². The predicted octanol–water partition coefficient (Wildman–Crippen LogP) is 4.64. The van der Waals surface area contributed by atoms with Crippen LogP contribution >= 0.6 is 11.6 Å². The summed E-state index contributed by atoms with van der Waals surface area (Å²) in [6.45, 7) is 2.82. The van der Waals surface area contributed by atoms with Gasteiger partial charge in [-0.25, -0.2) is 12.8 Å². The van der Waals surface area contributed by atoms with Crippen LogP contribution in [0, 0.1) is 11.7 Å². The molecule has 32 heavy (non-hydrogen) atoms. The zero-order valence-electron chi connectivity index (χ0n) is 17.4. The third-order valence-corrected chi connectivity index (χ3v) is 7.56. The summed E-state index contributed by atoms with van der Waals surface area (Å²) in [4.78, 5) is 18.5. The molecule has 0 saturated carbocycles. The summed E-state index contributed by atoms with van der Waals surface area (Å²) in [5, 5.41) is 0.792. The van der Waals surface area contributed by atoms with Crippen LogP contribution in [0.15, 0.2) is 58.5 Å². The summed E-state index contributed by atoms with van der Waals surface area (Å²) < 4.78 is 46.5. The Labute approximate surface area is 190 Å². The lowest BCUT2D eigenvalue weighted by atomic mass is 9.97. The number of benzene rings is 2. The highest BCUT2D eigenvalue weighted by molar-refractivity contribution is 7.91. The van der Waals surface area contributed by atoms with E-state index in [-0.39, 0.29) is 28.9 Å². The minimum Gasteiger partial charge on any atom is -0.466 e. The smallest absolute Gasteiger partial charge is 0.310 e. The molecule has 168 valence electrons. The SMILES string of the molecule is CCOC(=O)[C@H]1CCCN(c2c(S(=O)(=O)c3ccc(Cl)cc3)cnc3ccc(F)cc23)C1.